The van der Waals surface area contributed by atoms with Crippen LogP contribution in [0.5, 0.6) is 5.88 Å². The third-order valence-corrected chi connectivity index (χ3v) is 1.74. The van der Waals surface area contributed by atoms with Crippen LogP contribution in [0.2, 0.25) is 0 Å². The van der Waals surface area contributed by atoms with Crippen molar-refractivity contribution in [3.63, 3.8) is 0 Å². The summed E-state index contributed by atoms with van der Waals surface area (Å²) in [4.78, 5) is 10.4. The van der Waals surface area contributed by atoms with Crippen molar-refractivity contribution in [2.75, 3.05) is 7.11 Å². The SMILES string of the molecule is COc1cc(Br)c(C(=O)O)nn1. The number of aromatic nitrogens is 2. The number of ether oxygens (including phenoxy) is 1. The largest absolute Gasteiger partial charge is 0.480 e. The van der Waals surface area contributed by atoms with Gasteiger partial charge in [-0.15, -0.1) is 10.2 Å². The van der Waals surface area contributed by atoms with Gasteiger partial charge in [0.1, 0.15) is 0 Å². The zero-order valence-electron chi connectivity index (χ0n) is 6.11. The molecule has 1 aromatic rings. The van der Waals surface area contributed by atoms with E-state index in [9.17, 15) is 4.79 Å². The van der Waals surface area contributed by atoms with Gasteiger partial charge in [-0.05, 0) is 15.9 Å². The molecule has 0 bridgehead atoms. The average Bonchev–Trinajstić information content (AvgIpc) is 2.03. The molecule has 0 saturated heterocycles. The molecule has 12 heavy (non-hydrogen) atoms. The summed E-state index contributed by atoms with van der Waals surface area (Å²) >= 11 is 3.03. The van der Waals surface area contributed by atoms with Gasteiger partial charge in [-0.25, -0.2) is 4.79 Å². The van der Waals surface area contributed by atoms with Gasteiger partial charge in [0.05, 0.1) is 11.6 Å². The molecule has 0 spiro atoms. The van der Waals surface area contributed by atoms with Crippen LogP contribution in [-0.2, 0) is 0 Å². The number of carboxylic acids is 1. The van der Waals surface area contributed by atoms with Crippen LogP contribution in [0.4, 0.5) is 0 Å². The van der Waals surface area contributed by atoms with Gasteiger partial charge < -0.3 is 9.84 Å². The maximum atomic E-state index is 10.4. The Labute approximate surface area is 76.5 Å². The Morgan fingerprint density at radius 1 is 1.67 bits per heavy atom. The monoisotopic (exact) mass is 232 g/mol. The van der Waals surface area contributed by atoms with Gasteiger partial charge in [-0.3, -0.25) is 0 Å². The maximum absolute atomic E-state index is 10.4. The molecule has 0 aliphatic rings. The second kappa shape index (κ2) is 3.48. The number of rotatable bonds is 2. The van der Waals surface area contributed by atoms with Crippen molar-refractivity contribution in [1.82, 2.24) is 10.2 Å². The minimum Gasteiger partial charge on any atom is -0.480 e. The summed E-state index contributed by atoms with van der Waals surface area (Å²) in [5.41, 5.74) is -0.129. The zero-order valence-corrected chi connectivity index (χ0v) is 7.70. The van der Waals surface area contributed by atoms with Crippen LogP contribution in [0.1, 0.15) is 10.5 Å². The highest BCUT2D eigenvalue weighted by Gasteiger charge is 2.11. The molecule has 0 aliphatic carbocycles. The Morgan fingerprint density at radius 2 is 2.33 bits per heavy atom. The summed E-state index contributed by atoms with van der Waals surface area (Å²) in [6.07, 6.45) is 0. The van der Waals surface area contributed by atoms with E-state index < -0.39 is 5.97 Å². The lowest BCUT2D eigenvalue weighted by Crippen LogP contribution is -2.04. The highest BCUT2D eigenvalue weighted by atomic mass is 79.9. The minimum atomic E-state index is -1.13. The highest BCUT2D eigenvalue weighted by Crippen LogP contribution is 2.17. The number of carboxylic acid groups (broad SMARTS) is 1. The van der Waals surface area contributed by atoms with Crippen molar-refractivity contribution >= 4 is 21.9 Å². The van der Waals surface area contributed by atoms with Gasteiger partial charge in [-0.1, -0.05) is 0 Å². The van der Waals surface area contributed by atoms with E-state index in [2.05, 4.69) is 26.1 Å². The van der Waals surface area contributed by atoms with E-state index in [0.29, 0.717) is 4.47 Å². The molecule has 0 aromatic carbocycles. The lowest BCUT2D eigenvalue weighted by molar-refractivity contribution is 0.0688. The van der Waals surface area contributed by atoms with Crippen molar-refractivity contribution in [2.45, 2.75) is 0 Å². The van der Waals surface area contributed by atoms with Crippen LogP contribution in [0.3, 0.4) is 0 Å². The molecular formula is C6H5BrN2O3. The Morgan fingerprint density at radius 3 is 2.75 bits per heavy atom. The Hall–Kier alpha value is -1.17. The molecule has 5 nitrogen and oxygen atoms in total. The van der Waals surface area contributed by atoms with E-state index in [0.717, 1.165) is 0 Å². The van der Waals surface area contributed by atoms with Crippen LogP contribution < -0.4 is 4.74 Å². The Bertz CT molecular complexity index is 316. The highest BCUT2D eigenvalue weighted by molar-refractivity contribution is 9.10. The zero-order chi connectivity index (χ0) is 9.14. The molecule has 0 atom stereocenters. The molecule has 0 aliphatic heterocycles. The molecule has 1 aromatic heterocycles. The molecule has 64 valence electrons. The molecule has 0 amide bonds. The second-order valence-corrected chi connectivity index (χ2v) is 2.74. The lowest BCUT2D eigenvalue weighted by Gasteiger charge is -1.99. The lowest BCUT2D eigenvalue weighted by atomic mass is 10.4. The number of hydrogen-bond acceptors (Lipinski definition) is 4. The van der Waals surface area contributed by atoms with Crippen LogP contribution in [0.15, 0.2) is 10.5 Å². The van der Waals surface area contributed by atoms with Crippen molar-refractivity contribution in [3.8, 4) is 5.88 Å². The van der Waals surface area contributed by atoms with Gasteiger partial charge in [0.25, 0.3) is 0 Å². The van der Waals surface area contributed by atoms with Gasteiger partial charge in [-0.2, -0.15) is 0 Å². The Balaban J connectivity index is 3.12. The molecule has 1 rings (SSSR count). The number of halogens is 1. The first-order valence-corrected chi connectivity index (χ1v) is 3.75. The topological polar surface area (TPSA) is 72.3 Å². The average molecular weight is 233 g/mol. The van der Waals surface area contributed by atoms with E-state index in [1.54, 1.807) is 0 Å². The quantitative estimate of drug-likeness (QED) is 0.822. The number of aromatic carboxylic acids is 1. The standard InChI is InChI=1S/C6H5BrN2O3/c1-12-4-2-3(7)5(6(10)11)9-8-4/h2H,1H3,(H,10,11). The fraction of sp³-hybridized carbons (Fsp3) is 0.167. The van der Waals surface area contributed by atoms with Crippen LogP contribution in [0.25, 0.3) is 0 Å². The van der Waals surface area contributed by atoms with E-state index in [1.165, 1.54) is 13.2 Å². The molecule has 0 radical (unpaired) electrons. The van der Waals surface area contributed by atoms with Crippen molar-refractivity contribution in [2.24, 2.45) is 0 Å². The fourth-order valence-corrected chi connectivity index (χ4v) is 1.04. The van der Waals surface area contributed by atoms with Crippen molar-refractivity contribution < 1.29 is 14.6 Å². The Kier molecular flexibility index (Phi) is 2.59. The third kappa shape index (κ3) is 1.70. The normalized spacial score (nSPS) is 9.50. The number of carbonyl (C=O) groups is 1. The molecule has 0 fully saturated rings. The summed E-state index contributed by atoms with van der Waals surface area (Å²) in [5, 5.41) is 15.5. The molecular weight excluding hydrogens is 228 g/mol. The number of methoxy groups -OCH3 is 1. The van der Waals surface area contributed by atoms with Crippen molar-refractivity contribution in [3.05, 3.63) is 16.2 Å². The number of hydrogen-bond donors (Lipinski definition) is 1. The molecule has 0 unspecified atom stereocenters. The first-order valence-electron chi connectivity index (χ1n) is 2.95. The molecule has 0 saturated carbocycles. The van der Waals surface area contributed by atoms with Gasteiger partial charge in [0.15, 0.2) is 5.69 Å². The fourth-order valence-electron chi connectivity index (χ4n) is 0.597. The van der Waals surface area contributed by atoms with Crippen LogP contribution in [-0.4, -0.2) is 28.4 Å². The number of nitrogens with zero attached hydrogens (tertiary/aromatic N) is 2. The summed E-state index contributed by atoms with van der Waals surface area (Å²) in [7, 11) is 1.43. The smallest absolute Gasteiger partial charge is 0.357 e. The van der Waals surface area contributed by atoms with Crippen LogP contribution in [0, 0.1) is 0 Å². The van der Waals surface area contributed by atoms with E-state index in [4.69, 9.17) is 9.84 Å². The van der Waals surface area contributed by atoms with E-state index >= 15 is 0 Å². The maximum Gasteiger partial charge on any atom is 0.357 e. The molecule has 1 N–H and O–H groups in total. The van der Waals surface area contributed by atoms with E-state index in [-0.39, 0.29) is 11.6 Å². The molecule has 6 heteroatoms. The first-order chi connectivity index (χ1) is 5.65. The van der Waals surface area contributed by atoms with Crippen LogP contribution >= 0.6 is 15.9 Å². The minimum absolute atomic E-state index is 0.129. The molecule has 1 heterocycles. The summed E-state index contributed by atoms with van der Waals surface area (Å²) < 4.78 is 5.08. The second-order valence-electron chi connectivity index (χ2n) is 1.89. The first kappa shape index (κ1) is 8.92. The van der Waals surface area contributed by atoms with Gasteiger partial charge in [0, 0.05) is 6.07 Å². The van der Waals surface area contributed by atoms with E-state index in [1.807, 2.05) is 0 Å². The summed E-state index contributed by atoms with van der Waals surface area (Å²) in [6, 6.07) is 1.44. The summed E-state index contributed by atoms with van der Waals surface area (Å²) in [6.45, 7) is 0. The van der Waals surface area contributed by atoms with Gasteiger partial charge >= 0.3 is 5.97 Å². The predicted octanol–water partition coefficient (Wildman–Crippen LogP) is 0.946. The van der Waals surface area contributed by atoms with Gasteiger partial charge in [0.2, 0.25) is 5.88 Å². The summed E-state index contributed by atoms with van der Waals surface area (Å²) in [5.74, 6) is -0.857. The predicted molar refractivity (Wildman–Crippen MR) is 43.2 cm³/mol. The van der Waals surface area contributed by atoms with Crippen molar-refractivity contribution in [1.29, 1.82) is 0 Å². The third-order valence-electron chi connectivity index (χ3n) is 1.14.